The van der Waals surface area contributed by atoms with Crippen LogP contribution in [0.1, 0.15) is 24.8 Å². The maximum atomic E-state index is 12.0. The Morgan fingerprint density at radius 2 is 2.00 bits per heavy atom. The van der Waals surface area contributed by atoms with Crippen molar-refractivity contribution in [1.29, 1.82) is 0 Å². The monoisotopic (exact) mass is 315 g/mol. The van der Waals surface area contributed by atoms with E-state index in [1.807, 2.05) is 0 Å². The molecule has 1 aliphatic carbocycles. The topological polar surface area (TPSA) is 66.4 Å². The average Bonchev–Trinajstić information content (AvgIpc) is 2.84. The third-order valence-corrected chi connectivity index (χ3v) is 4.90. The largest absolute Gasteiger partial charge is 0.396 e. The molecule has 1 saturated carbocycles. The summed E-state index contributed by atoms with van der Waals surface area (Å²) in [6, 6.07) is 6.75. The first-order valence-corrected chi connectivity index (χ1v) is 8.49. The van der Waals surface area contributed by atoms with Crippen LogP contribution in [0, 0.1) is 5.92 Å². The maximum absolute atomic E-state index is 12.0. The van der Waals surface area contributed by atoms with E-state index in [-0.39, 0.29) is 18.6 Å². The van der Waals surface area contributed by atoms with E-state index in [0.29, 0.717) is 5.02 Å². The Balaban J connectivity index is 2.02. The Labute approximate surface area is 124 Å². The van der Waals surface area contributed by atoms with E-state index < -0.39 is 10.0 Å². The van der Waals surface area contributed by atoms with Crippen molar-refractivity contribution < 1.29 is 13.5 Å². The highest BCUT2D eigenvalue weighted by atomic mass is 35.5. The molecule has 20 heavy (non-hydrogen) atoms. The summed E-state index contributed by atoms with van der Waals surface area (Å²) < 4.78 is 26.6. The van der Waals surface area contributed by atoms with Gasteiger partial charge in [-0.05, 0) is 42.5 Å². The SMILES string of the molecule is O=S(=O)(/C=C/c1ccc(Cl)cc1)NC1CCCC1CO. The van der Waals surface area contributed by atoms with Crippen LogP contribution < -0.4 is 4.72 Å². The van der Waals surface area contributed by atoms with Gasteiger partial charge in [0.1, 0.15) is 0 Å². The van der Waals surface area contributed by atoms with Gasteiger partial charge in [-0.15, -0.1) is 0 Å². The van der Waals surface area contributed by atoms with E-state index in [1.54, 1.807) is 24.3 Å². The summed E-state index contributed by atoms with van der Waals surface area (Å²) in [5, 5.41) is 11.0. The second-order valence-electron chi connectivity index (χ2n) is 5.00. The van der Waals surface area contributed by atoms with E-state index in [0.717, 1.165) is 30.2 Å². The zero-order valence-electron chi connectivity index (χ0n) is 11.0. The molecule has 2 rings (SSSR count). The Morgan fingerprint density at radius 1 is 1.30 bits per heavy atom. The van der Waals surface area contributed by atoms with Gasteiger partial charge < -0.3 is 5.11 Å². The maximum Gasteiger partial charge on any atom is 0.233 e. The van der Waals surface area contributed by atoms with Crippen LogP contribution in [0.25, 0.3) is 6.08 Å². The molecule has 6 heteroatoms. The molecular weight excluding hydrogens is 298 g/mol. The Kier molecular flexibility index (Phi) is 5.21. The molecule has 0 saturated heterocycles. The summed E-state index contributed by atoms with van der Waals surface area (Å²) in [6.45, 7) is 0.0219. The number of aliphatic hydroxyl groups excluding tert-OH is 1. The molecule has 2 N–H and O–H groups in total. The second-order valence-corrected chi connectivity index (χ2v) is 7.03. The van der Waals surface area contributed by atoms with Crippen LogP contribution in [-0.2, 0) is 10.0 Å². The molecule has 0 spiro atoms. The molecule has 4 nitrogen and oxygen atoms in total. The Hall–Kier alpha value is -0.880. The zero-order chi connectivity index (χ0) is 14.6. The van der Waals surface area contributed by atoms with Crippen LogP contribution in [-0.4, -0.2) is 26.2 Å². The number of sulfonamides is 1. The van der Waals surface area contributed by atoms with Crippen LogP contribution >= 0.6 is 11.6 Å². The van der Waals surface area contributed by atoms with Crippen molar-refractivity contribution in [1.82, 2.24) is 4.72 Å². The van der Waals surface area contributed by atoms with Crippen molar-refractivity contribution >= 4 is 27.7 Å². The third kappa shape index (κ3) is 4.31. The smallest absolute Gasteiger partial charge is 0.233 e. The zero-order valence-corrected chi connectivity index (χ0v) is 12.6. The standard InChI is InChI=1S/C14H18ClNO3S/c15-13-6-4-11(5-7-13)8-9-20(18,19)16-14-3-1-2-12(14)10-17/h4-9,12,14,16-17H,1-3,10H2/b9-8+. The number of halogens is 1. The van der Waals surface area contributed by atoms with Gasteiger partial charge in [0, 0.05) is 23.1 Å². The number of hydrogen-bond acceptors (Lipinski definition) is 3. The van der Waals surface area contributed by atoms with Crippen LogP contribution in [0.5, 0.6) is 0 Å². The molecule has 1 aromatic rings. The number of aliphatic hydroxyl groups is 1. The van der Waals surface area contributed by atoms with Crippen molar-refractivity contribution in [3.05, 3.63) is 40.3 Å². The molecule has 1 aliphatic rings. The Morgan fingerprint density at radius 3 is 2.65 bits per heavy atom. The minimum Gasteiger partial charge on any atom is -0.396 e. The molecular formula is C14H18ClNO3S. The lowest BCUT2D eigenvalue weighted by molar-refractivity contribution is 0.213. The molecule has 0 amide bonds. The number of benzene rings is 1. The highest BCUT2D eigenvalue weighted by molar-refractivity contribution is 7.92. The van der Waals surface area contributed by atoms with Gasteiger partial charge in [-0.25, -0.2) is 13.1 Å². The lowest BCUT2D eigenvalue weighted by atomic mass is 10.1. The second kappa shape index (κ2) is 6.72. The predicted molar refractivity (Wildman–Crippen MR) is 80.8 cm³/mol. The number of nitrogens with one attached hydrogen (secondary N) is 1. The fourth-order valence-corrected chi connectivity index (χ4v) is 3.68. The molecule has 0 aliphatic heterocycles. The Bertz CT molecular complexity index is 569. The molecule has 0 aromatic heterocycles. The van der Waals surface area contributed by atoms with Gasteiger partial charge in [0.05, 0.1) is 0 Å². The van der Waals surface area contributed by atoms with Crippen LogP contribution in [0.2, 0.25) is 5.02 Å². The lowest BCUT2D eigenvalue weighted by Gasteiger charge is -2.17. The van der Waals surface area contributed by atoms with Gasteiger partial charge in [0.15, 0.2) is 0 Å². The van der Waals surface area contributed by atoms with E-state index in [1.165, 1.54) is 6.08 Å². The van der Waals surface area contributed by atoms with Gasteiger partial charge in [0.2, 0.25) is 10.0 Å². The van der Waals surface area contributed by atoms with Gasteiger partial charge in [-0.1, -0.05) is 30.2 Å². The first kappa shape index (κ1) is 15.5. The van der Waals surface area contributed by atoms with Gasteiger partial charge in [-0.2, -0.15) is 0 Å². The van der Waals surface area contributed by atoms with Gasteiger partial charge >= 0.3 is 0 Å². The number of hydrogen-bond donors (Lipinski definition) is 2. The van der Waals surface area contributed by atoms with E-state index >= 15 is 0 Å². The molecule has 0 radical (unpaired) electrons. The van der Waals surface area contributed by atoms with Gasteiger partial charge in [0.25, 0.3) is 0 Å². The van der Waals surface area contributed by atoms with Crippen molar-refractivity contribution in [3.63, 3.8) is 0 Å². The summed E-state index contributed by atoms with van der Waals surface area (Å²) >= 11 is 5.77. The summed E-state index contributed by atoms with van der Waals surface area (Å²) in [5.74, 6) is 0.0220. The normalized spacial score (nSPS) is 23.5. The summed E-state index contributed by atoms with van der Waals surface area (Å²) in [7, 11) is -3.49. The first-order chi connectivity index (χ1) is 9.50. The van der Waals surface area contributed by atoms with Crippen molar-refractivity contribution in [2.45, 2.75) is 25.3 Å². The highest BCUT2D eigenvalue weighted by Gasteiger charge is 2.29. The third-order valence-electron chi connectivity index (χ3n) is 3.52. The quantitative estimate of drug-likeness (QED) is 0.876. The van der Waals surface area contributed by atoms with Crippen molar-refractivity contribution in [2.24, 2.45) is 5.92 Å². The van der Waals surface area contributed by atoms with E-state index in [9.17, 15) is 13.5 Å². The fraction of sp³-hybridized carbons (Fsp3) is 0.429. The van der Waals surface area contributed by atoms with Crippen LogP contribution in [0.15, 0.2) is 29.7 Å². The minimum atomic E-state index is -3.49. The highest BCUT2D eigenvalue weighted by Crippen LogP contribution is 2.25. The molecule has 1 fully saturated rings. The molecule has 0 bridgehead atoms. The predicted octanol–water partition coefficient (Wildman–Crippen LogP) is 2.39. The van der Waals surface area contributed by atoms with Crippen molar-refractivity contribution in [3.8, 4) is 0 Å². The van der Waals surface area contributed by atoms with Crippen LogP contribution in [0.4, 0.5) is 0 Å². The average molecular weight is 316 g/mol. The lowest BCUT2D eigenvalue weighted by Crippen LogP contribution is -2.37. The first-order valence-electron chi connectivity index (χ1n) is 6.57. The van der Waals surface area contributed by atoms with Crippen LogP contribution in [0.3, 0.4) is 0 Å². The molecule has 2 unspecified atom stereocenters. The molecule has 2 atom stereocenters. The van der Waals surface area contributed by atoms with E-state index in [2.05, 4.69) is 4.72 Å². The summed E-state index contributed by atoms with van der Waals surface area (Å²) in [6.07, 6.45) is 4.12. The molecule has 0 heterocycles. The molecule has 1 aromatic carbocycles. The molecule has 110 valence electrons. The summed E-state index contributed by atoms with van der Waals surface area (Å²) in [4.78, 5) is 0. The van der Waals surface area contributed by atoms with Crippen molar-refractivity contribution in [2.75, 3.05) is 6.61 Å². The van der Waals surface area contributed by atoms with E-state index in [4.69, 9.17) is 11.6 Å². The minimum absolute atomic E-state index is 0.0219. The fourth-order valence-electron chi connectivity index (χ4n) is 2.40. The summed E-state index contributed by atoms with van der Waals surface area (Å²) in [5.41, 5.74) is 0.768. The van der Waals surface area contributed by atoms with Gasteiger partial charge in [-0.3, -0.25) is 0 Å². The number of rotatable bonds is 5.